The van der Waals surface area contributed by atoms with E-state index < -0.39 is 5.41 Å². The molecule has 0 aliphatic heterocycles. The molecule has 0 aromatic carbocycles. The largest absolute Gasteiger partial charge is 0.465 e. The fourth-order valence-corrected chi connectivity index (χ4v) is 13.0. The molecule has 0 fully saturated rings. The summed E-state index contributed by atoms with van der Waals surface area (Å²) in [4.78, 5) is 49.2. The van der Waals surface area contributed by atoms with Crippen LogP contribution in [0.2, 0.25) is 0 Å². The normalized spacial score (nSPS) is 11.3. The van der Waals surface area contributed by atoms with Gasteiger partial charge in [0.05, 0.1) is 24.7 Å². The molecule has 0 saturated carbocycles. The summed E-state index contributed by atoms with van der Waals surface area (Å²) in [5.41, 5.74) is -0.754. The molecule has 472 valence electrons. The first-order valence-electron chi connectivity index (χ1n) is 33.5. The summed E-state index contributed by atoms with van der Waals surface area (Å²) in [5.74, 6) is 7.30. The van der Waals surface area contributed by atoms with Gasteiger partial charge in [0.1, 0.15) is 25.6 Å². The highest BCUT2D eigenvalue weighted by atomic mass is 32.2. The summed E-state index contributed by atoms with van der Waals surface area (Å²) in [7, 11) is 0. The molecular weight excluding hydrogens is 1060 g/mol. The number of unbranched alkanes of at least 4 members (excludes halogenated alkanes) is 36. The summed E-state index contributed by atoms with van der Waals surface area (Å²) in [6.45, 7) is 13.0. The Kier molecular flexibility index (Phi) is 73.2. The van der Waals surface area contributed by atoms with Crippen LogP contribution in [0.1, 0.15) is 338 Å². The van der Waals surface area contributed by atoms with Crippen molar-refractivity contribution >= 4 is 70.7 Å². The first kappa shape index (κ1) is 82.7. The van der Waals surface area contributed by atoms with E-state index in [-0.39, 0.29) is 45.2 Å². The van der Waals surface area contributed by atoms with Gasteiger partial charge in [-0.2, -0.15) is 47.0 Å². The van der Waals surface area contributed by atoms with Gasteiger partial charge < -0.3 is 14.2 Å². The highest BCUT2D eigenvalue weighted by molar-refractivity contribution is 7.99. The maximum absolute atomic E-state index is 12.8. The number of ketones is 1. The van der Waals surface area contributed by atoms with Crippen LogP contribution in [0.25, 0.3) is 0 Å². The summed E-state index contributed by atoms with van der Waals surface area (Å²) >= 11 is 7.40. The molecule has 0 saturated heterocycles. The van der Waals surface area contributed by atoms with Crippen molar-refractivity contribution in [1.82, 2.24) is 0 Å². The Morgan fingerprint density at radius 3 is 0.658 bits per heavy atom. The third-order valence-electron chi connectivity index (χ3n) is 14.9. The first-order valence-corrected chi connectivity index (χ1v) is 38.1. The highest BCUT2D eigenvalue weighted by Gasteiger charge is 2.34. The van der Waals surface area contributed by atoms with E-state index in [1.54, 1.807) is 6.92 Å². The zero-order valence-electron chi connectivity index (χ0n) is 52.6. The van der Waals surface area contributed by atoms with Crippen LogP contribution in [-0.4, -0.2) is 89.5 Å². The zero-order chi connectivity index (χ0) is 57.4. The third kappa shape index (κ3) is 68.2. The lowest BCUT2D eigenvalue weighted by atomic mass is 9.88. The van der Waals surface area contributed by atoms with Gasteiger partial charge in [-0.15, -0.1) is 0 Å². The van der Waals surface area contributed by atoms with Crippen molar-refractivity contribution in [1.29, 1.82) is 0 Å². The predicted octanol–water partition coefficient (Wildman–Crippen LogP) is 22.4. The minimum Gasteiger partial charge on any atom is -0.465 e. The molecule has 0 spiro atoms. The van der Waals surface area contributed by atoms with Gasteiger partial charge in [0.2, 0.25) is 0 Å². The topological polar surface area (TPSA) is 96.0 Å². The summed E-state index contributed by atoms with van der Waals surface area (Å²) in [6.07, 6.45) is 56.2. The molecule has 0 N–H and O–H groups in total. The molecule has 0 aromatic heterocycles. The van der Waals surface area contributed by atoms with Gasteiger partial charge in [0.25, 0.3) is 0 Å². The van der Waals surface area contributed by atoms with Crippen LogP contribution in [0.15, 0.2) is 0 Å². The number of thioether (sulfide) groups is 4. The van der Waals surface area contributed by atoms with Crippen LogP contribution in [0.4, 0.5) is 0 Å². The Hall–Kier alpha value is -0.520. The van der Waals surface area contributed by atoms with E-state index in [0.717, 1.165) is 46.7 Å². The minimum atomic E-state index is -0.754. The van der Waals surface area contributed by atoms with Gasteiger partial charge in [-0.05, 0) is 62.0 Å². The number of Topliss-reactive ketones (excluding diaryl/α,β-unsaturated/α-hetero) is 1. The molecule has 11 heteroatoms. The van der Waals surface area contributed by atoms with Gasteiger partial charge in [-0.1, -0.05) is 273 Å². The van der Waals surface area contributed by atoms with Gasteiger partial charge in [0, 0.05) is 29.4 Å². The molecule has 0 atom stereocenters. The number of esters is 3. The lowest BCUT2D eigenvalue weighted by Crippen LogP contribution is -2.39. The quantitative estimate of drug-likeness (QED) is 0.0331. The Labute approximate surface area is 510 Å². The second kappa shape index (κ2) is 70.0. The molecular formula is C68H134O7S4. The van der Waals surface area contributed by atoms with E-state index in [1.165, 1.54) is 263 Å². The van der Waals surface area contributed by atoms with Gasteiger partial charge in [-0.25, -0.2) is 0 Å². The van der Waals surface area contributed by atoms with E-state index in [1.807, 2.05) is 54.0 Å². The van der Waals surface area contributed by atoms with Crippen LogP contribution in [0.3, 0.4) is 0 Å². The molecule has 79 heavy (non-hydrogen) atoms. The van der Waals surface area contributed by atoms with E-state index in [0.29, 0.717) is 31.5 Å². The average molecular weight is 1190 g/mol. The monoisotopic (exact) mass is 1190 g/mol. The van der Waals surface area contributed by atoms with Gasteiger partial charge in [0.15, 0.2) is 0 Å². The van der Waals surface area contributed by atoms with Crippen molar-refractivity contribution in [2.75, 3.05) is 65.8 Å². The number of hydrogen-bond donors (Lipinski definition) is 0. The summed E-state index contributed by atoms with van der Waals surface area (Å²) in [6, 6.07) is 0. The second-order valence-corrected chi connectivity index (χ2v) is 27.6. The van der Waals surface area contributed by atoms with E-state index in [9.17, 15) is 19.2 Å². The van der Waals surface area contributed by atoms with E-state index in [4.69, 9.17) is 14.2 Å². The van der Waals surface area contributed by atoms with Crippen LogP contribution < -0.4 is 0 Å². The van der Waals surface area contributed by atoms with Crippen LogP contribution in [-0.2, 0) is 33.4 Å². The highest BCUT2D eigenvalue weighted by Crippen LogP contribution is 2.26. The van der Waals surface area contributed by atoms with E-state index in [2.05, 4.69) is 27.7 Å². The standard InChI is InChI=1S/C51H98O6S3.C16H32OS.CH4/c1-5-9-12-15-18-21-24-27-30-33-39-58-42-36-48(52)55-45-51(8-4,46-56-49(53)37-43-59-40-34-31-28-25-22-19-16-13-10-6-2)47-57-50(54)38-44-60-41-35-32-29-26-23-20-17-14-11-7-3;1-3-4-5-6-7-8-9-10-11-12-14-18-15-13-16(2)17;/h5-47H2,1-4H3;3-15H2,1-2H3;1H4. The lowest BCUT2D eigenvalue weighted by Gasteiger charge is -2.31. The van der Waals surface area contributed by atoms with Crippen LogP contribution >= 0.6 is 47.0 Å². The number of carbonyl (C=O) groups excluding carboxylic acids is 4. The van der Waals surface area contributed by atoms with Crippen molar-refractivity contribution in [2.24, 2.45) is 5.41 Å². The molecule has 0 aliphatic carbocycles. The summed E-state index contributed by atoms with van der Waals surface area (Å²) < 4.78 is 17.4. The third-order valence-corrected chi connectivity index (χ3v) is 19.2. The maximum atomic E-state index is 12.8. The van der Waals surface area contributed by atoms with Crippen molar-refractivity contribution < 1.29 is 33.4 Å². The van der Waals surface area contributed by atoms with Crippen LogP contribution in [0.5, 0.6) is 0 Å². The van der Waals surface area contributed by atoms with Crippen LogP contribution in [0, 0.1) is 5.41 Å². The second-order valence-electron chi connectivity index (χ2n) is 22.7. The van der Waals surface area contributed by atoms with E-state index >= 15 is 0 Å². The fraction of sp³-hybridized carbons (Fsp3) is 0.941. The Bertz CT molecular complexity index is 1140. The smallest absolute Gasteiger partial charge is 0.306 e. The molecule has 0 radical (unpaired) electrons. The molecule has 0 bridgehead atoms. The zero-order valence-corrected chi connectivity index (χ0v) is 55.9. The Balaban J connectivity index is -0.00000257. The number of carbonyl (C=O) groups is 4. The van der Waals surface area contributed by atoms with Crippen molar-refractivity contribution in [3.8, 4) is 0 Å². The average Bonchev–Trinajstić information content (AvgIpc) is 3.43. The lowest BCUT2D eigenvalue weighted by molar-refractivity contribution is -0.161. The minimum absolute atomic E-state index is 0. The van der Waals surface area contributed by atoms with Crippen molar-refractivity contribution in [2.45, 2.75) is 338 Å². The molecule has 0 aromatic rings. The fourth-order valence-electron chi connectivity index (χ4n) is 9.21. The summed E-state index contributed by atoms with van der Waals surface area (Å²) in [5, 5.41) is 0. The molecule has 0 amide bonds. The first-order chi connectivity index (χ1) is 38.2. The Morgan fingerprint density at radius 2 is 0.468 bits per heavy atom. The molecule has 0 aliphatic rings. The van der Waals surface area contributed by atoms with Crippen molar-refractivity contribution in [3.05, 3.63) is 0 Å². The number of hydrogen-bond acceptors (Lipinski definition) is 11. The van der Waals surface area contributed by atoms with Gasteiger partial charge >= 0.3 is 17.9 Å². The molecule has 0 unspecified atom stereocenters. The van der Waals surface area contributed by atoms with Crippen molar-refractivity contribution in [3.63, 3.8) is 0 Å². The maximum Gasteiger partial charge on any atom is 0.306 e. The SMILES string of the molecule is C.CCCCCCCCCCCCSCCC(=O)OCC(CC)(COC(=O)CCSCCCCCCCCCCCC)COC(=O)CCSCCCCCCCCCCCC.CCCCCCCCCCCCSCCC(C)=O. The number of rotatable bonds is 63. The van der Waals surface area contributed by atoms with Gasteiger partial charge in [-0.3, -0.25) is 19.2 Å². The Morgan fingerprint density at radius 1 is 0.278 bits per heavy atom. The molecule has 0 rings (SSSR count). The molecule has 0 heterocycles. The number of ether oxygens (including phenoxy) is 3. The molecule has 7 nitrogen and oxygen atoms in total. The predicted molar refractivity (Wildman–Crippen MR) is 358 cm³/mol.